The van der Waals surface area contributed by atoms with Crippen LogP contribution in [0.3, 0.4) is 0 Å². The Bertz CT molecular complexity index is 164. The summed E-state index contributed by atoms with van der Waals surface area (Å²) in [6.45, 7) is 0.0271. The first-order valence-electron chi connectivity index (χ1n) is 4.51. The summed E-state index contributed by atoms with van der Waals surface area (Å²) < 4.78 is 0. The molecule has 2 N–H and O–H groups in total. The van der Waals surface area contributed by atoms with Crippen LogP contribution >= 0.6 is 0 Å². The number of carbonyl (C=O) groups is 1. The minimum Gasteiger partial charge on any atom is -0.481 e. The van der Waals surface area contributed by atoms with Crippen molar-refractivity contribution in [1.29, 1.82) is 0 Å². The maximum absolute atomic E-state index is 10.5. The van der Waals surface area contributed by atoms with Gasteiger partial charge in [-0.1, -0.05) is 19.3 Å². The maximum Gasteiger partial charge on any atom is 0.303 e. The molecule has 1 radical (unpaired) electrons. The van der Waals surface area contributed by atoms with Crippen LogP contribution < -0.4 is 0 Å². The van der Waals surface area contributed by atoms with Crippen molar-refractivity contribution in [3.63, 3.8) is 0 Å². The molecule has 1 rings (SSSR count). The number of aliphatic hydroxyl groups excluding tert-OH is 1. The molecule has 0 aromatic rings. The van der Waals surface area contributed by atoms with Crippen molar-refractivity contribution in [3.8, 4) is 0 Å². The molecule has 0 spiro atoms. The predicted molar refractivity (Wildman–Crippen MR) is 50.6 cm³/mol. The number of hydrogen-bond donors (Lipinski definition) is 2. The van der Waals surface area contributed by atoms with Crippen molar-refractivity contribution in [2.24, 2.45) is 5.41 Å². The smallest absolute Gasteiger partial charge is 0.303 e. The van der Waals surface area contributed by atoms with Crippen molar-refractivity contribution < 1.29 is 15.0 Å². The van der Waals surface area contributed by atoms with Gasteiger partial charge in [0.25, 0.3) is 0 Å². The van der Waals surface area contributed by atoms with Crippen LogP contribution in [0.25, 0.3) is 0 Å². The summed E-state index contributed by atoms with van der Waals surface area (Å²) in [6.07, 6.45) is 5.18. The molecule has 0 aromatic carbocycles. The summed E-state index contributed by atoms with van der Waals surface area (Å²) in [4.78, 5) is 10.5. The molecule has 0 atom stereocenters. The van der Waals surface area contributed by atoms with E-state index in [1.807, 2.05) is 0 Å². The average Bonchev–Trinajstić information content (AvgIpc) is 2.05. The van der Waals surface area contributed by atoms with Crippen molar-refractivity contribution in [3.05, 3.63) is 0 Å². The first-order chi connectivity index (χ1) is 5.68. The van der Waals surface area contributed by atoms with Crippen LogP contribution in [0.15, 0.2) is 0 Å². The van der Waals surface area contributed by atoms with Gasteiger partial charge in [0.2, 0.25) is 0 Å². The molecule has 0 aliphatic heterocycles. The number of rotatable bonds is 3. The molecule has 1 aliphatic carbocycles. The largest absolute Gasteiger partial charge is 0.481 e. The van der Waals surface area contributed by atoms with E-state index >= 15 is 0 Å². The minimum atomic E-state index is -0.786. The molecule has 0 unspecified atom stereocenters. The Morgan fingerprint density at radius 2 is 1.77 bits per heavy atom. The van der Waals surface area contributed by atoms with Gasteiger partial charge in [-0.15, -0.1) is 0 Å². The molecule has 0 aromatic heterocycles. The fourth-order valence-corrected chi connectivity index (χ4v) is 2.01. The standard InChI is InChI=1S/C9H16O3.Na/c10-7-9(6-8(11)12)4-2-1-3-5-9;/h10H,1-7H2,(H,11,12);. The van der Waals surface area contributed by atoms with E-state index < -0.39 is 5.97 Å². The fourth-order valence-electron chi connectivity index (χ4n) is 2.01. The summed E-state index contributed by atoms with van der Waals surface area (Å²) >= 11 is 0. The number of hydrogen-bond acceptors (Lipinski definition) is 2. The van der Waals surface area contributed by atoms with Gasteiger partial charge in [-0.25, -0.2) is 0 Å². The van der Waals surface area contributed by atoms with E-state index in [0.717, 1.165) is 25.7 Å². The summed E-state index contributed by atoms with van der Waals surface area (Å²) in [5.74, 6) is -0.786. The van der Waals surface area contributed by atoms with Gasteiger partial charge in [-0.2, -0.15) is 0 Å². The monoisotopic (exact) mass is 195 g/mol. The Labute approximate surface area is 101 Å². The molecule has 0 bridgehead atoms. The van der Waals surface area contributed by atoms with E-state index in [1.54, 1.807) is 0 Å². The van der Waals surface area contributed by atoms with Crippen LogP contribution in [0.4, 0.5) is 0 Å². The predicted octanol–water partition coefficient (Wildman–Crippen LogP) is 1.02. The van der Waals surface area contributed by atoms with Crippen LogP contribution in [0, 0.1) is 5.41 Å². The van der Waals surface area contributed by atoms with E-state index in [1.165, 1.54) is 6.42 Å². The van der Waals surface area contributed by atoms with Gasteiger partial charge in [-0.05, 0) is 12.8 Å². The summed E-state index contributed by atoms with van der Waals surface area (Å²) in [5, 5.41) is 17.8. The summed E-state index contributed by atoms with van der Waals surface area (Å²) in [6, 6.07) is 0. The third-order valence-electron chi connectivity index (χ3n) is 2.78. The first-order valence-corrected chi connectivity index (χ1v) is 4.51. The van der Waals surface area contributed by atoms with Crippen molar-refractivity contribution in [2.75, 3.05) is 6.61 Å². The summed E-state index contributed by atoms with van der Waals surface area (Å²) in [7, 11) is 0. The molecule has 1 saturated carbocycles. The van der Waals surface area contributed by atoms with Gasteiger partial charge in [0.15, 0.2) is 0 Å². The fraction of sp³-hybridized carbons (Fsp3) is 0.889. The average molecular weight is 195 g/mol. The number of aliphatic carboxylic acids is 1. The first kappa shape index (κ1) is 13.4. The normalized spacial score (nSPS) is 20.4. The molecule has 4 heteroatoms. The molecule has 71 valence electrons. The second-order valence-corrected chi connectivity index (χ2v) is 3.79. The maximum atomic E-state index is 10.5. The van der Waals surface area contributed by atoms with Gasteiger partial charge >= 0.3 is 5.97 Å². The van der Waals surface area contributed by atoms with E-state index in [-0.39, 0.29) is 48.0 Å². The van der Waals surface area contributed by atoms with Crippen LogP contribution in [-0.4, -0.2) is 52.3 Å². The van der Waals surface area contributed by atoms with Gasteiger partial charge in [-0.3, -0.25) is 4.79 Å². The van der Waals surface area contributed by atoms with E-state index in [0.29, 0.717) is 0 Å². The quantitative estimate of drug-likeness (QED) is 0.661. The minimum absolute atomic E-state index is 0. The Hall–Kier alpha value is 0.430. The van der Waals surface area contributed by atoms with Crippen LogP contribution in [-0.2, 0) is 4.79 Å². The van der Waals surface area contributed by atoms with Crippen molar-refractivity contribution in [1.82, 2.24) is 0 Å². The second kappa shape index (κ2) is 6.02. The van der Waals surface area contributed by atoms with Gasteiger partial charge in [0.05, 0.1) is 6.42 Å². The number of carboxylic acid groups (broad SMARTS) is 1. The third-order valence-corrected chi connectivity index (χ3v) is 2.78. The Morgan fingerprint density at radius 3 is 2.15 bits per heavy atom. The molecule has 13 heavy (non-hydrogen) atoms. The Kier molecular flexibility index (Phi) is 6.21. The zero-order valence-electron chi connectivity index (χ0n) is 8.25. The number of aliphatic hydroxyl groups is 1. The van der Waals surface area contributed by atoms with Crippen LogP contribution in [0.5, 0.6) is 0 Å². The molecule has 1 aliphatic rings. The van der Waals surface area contributed by atoms with Crippen LogP contribution in [0.2, 0.25) is 0 Å². The van der Waals surface area contributed by atoms with E-state index in [2.05, 4.69) is 0 Å². The van der Waals surface area contributed by atoms with Crippen molar-refractivity contribution in [2.45, 2.75) is 38.5 Å². The molecule has 3 nitrogen and oxygen atoms in total. The summed E-state index contributed by atoms with van der Waals surface area (Å²) in [5.41, 5.74) is -0.302. The SMILES string of the molecule is O=C(O)CC1(CO)CCCCC1.[Na]. The molecular formula is C9H16NaO3. The molecule has 0 amide bonds. The third kappa shape index (κ3) is 3.98. The number of carboxylic acids is 1. The molecule has 0 saturated heterocycles. The Balaban J connectivity index is 0.00000144. The van der Waals surface area contributed by atoms with E-state index in [4.69, 9.17) is 10.2 Å². The van der Waals surface area contributed by atoms with Gasteiger partial charge < -0.3 is 10.2 Å². The molecule has 1 fully saturated rings. The topological polar surface area (TPSA) is 57.5 Å². The van der Waals surface area contributed by atoms with Gasteiger partial charge in [0.1, 0.15) is 0 Å². The van der Waals surface area contributed by atoms with E-state index in [9.17, 15) is 4.79 Å². The zero-order chi connectivity index (χ0) is 9.03. The molecule has 0 heterocycles. The van der Waals surface area contributed by atoms with Crippen LogP contribution in [0.1, 0.15) is 38.5 Å². The van der Waals surface area contributed by atoms with Gasteiger partial charge in [0, 0.05) is 41.6 Å². The Morgan fingerprint density at radius 1 is 1.23 bits per heavy atom. The molecular weight excluding hydrogens is 179 g/mol. The zero-order valence-corrected chi connectivity index (χ0v) is 10.3. The van der Waals surface area contributed by atoms with Crippen molar-refractivity contribution >= 4 is 35.5 Å². The second-order valence-electron chi connectivity index (χ2n) is 3.79.